The lowest BCUT2D eigenvalue weighted by Gasteiger charge is -2.31. The predicted molar refractivity (Wildman–Crippen MR) is 137 cm³/mol. The molecule has 1 saturated heterocycles. The third-order valence-corrected chi connectivity index (χ3v) is 7.10. The molecular weight excluding hydrogens is 460 g/mol. The van der Waals surface area contributed by atoms with Crippen LogP contribution in [0.1, 0.15) is 44.0 Å². The number of carbonyl (C=O) groups excluding carboxylic acids is 2. The van der Waals surface area contributed by atoms with Gasteiger partial charge in [-0.05, 0) is 43.9 Å². The highest BCUT2D eigenvalue weighted by atomic mass is 32.2. The average molecular weight is 493 g/mol. The summed E-state index contributed by atoms with van der Waals surface area (Å²) in [6, 6.07) is 20.4. The zero-order valence-electron chi connectivity index (χ0n) is 20.1. The van der Waals surface area contributed by atoms with E-state index in [0.29, 0.717) is 32.5 Å². The predicted octanol–water partition coefficient (Wildman–Crippen LogP) is 4.53. The van der Waals surface area contributed by atoms with Crippen LogP contribution in [0.3, 0.4) is 0 Å². The number of esters is 1. The van der Waals surface area contributed by atoms with E-state index in [0.717, 1.165) is 41.7 Å². The Labute approximate surface area is 210 Å². The molecule has 0 bridgehead atoms. The van der Waals surface area contributed by atoms with Gasteiger partial charge in [0.2, 0.25) is 5.91 Å². The highest BCUT2D eigenvalue weighted by Crippen LogP contribution is 2.25. The maximum absolute atomic E-state index is 12.8. The first-order chi connectivity index (χ1) is 17.2. The minimum Gasteiger partial charge on any atom is -0.466 e. The number of hydrogen-bond acceptors (Lipinski definition) is 6. The summed E-state index contributed by atoms with van der Waals surface area (Å²) in [5.74, 6) is 1.37. The van der Waals surface area contributed by atoms with Crippen LogP contribution < -0.4 is 0 Å². The van der Waals surface area contributed by atoms with Crippen LogP contribution in [0.15, 0.2) is 65.8 Å². The SMILES string of the molecule is CCOC(=O)C1CCCN(C(=O)CCCSc2nnc(Cc3ccccc3)n2-c2ccccc2)C1. The van der Waals surface area contributed by atoms with Crippen molar-refractivity contribution in [2.24, 2.45) is 5.92 Å². The monoisotopic (exact) mass is 492 g/mol. The van der Waals surface area contributed by atoms with Crippen molar-refractivity contribution >= 4 is 23.6 Å². The molecule has 1 aromatic heterocycles. The van der Waals surface area contributed by atoms with Crippen molar-refractivity contribution in [3.63, 3.8) is 0 Å². The number of para-hydroxylation sites is 1. The molecule has 4 rings (SSSR count). The molecule has 1 aliphatic heterocycles. The molecule has 7 nitrogen and oxygen atoms in total. The number of likely N-dealkylation sites (tertiary alicyclic amines) is 1. The number of aromatic nitrogens is 3. The van der Waals surface area contributed by atoms with E-state index >= 15 is 0 Å². The molecule has 0 N–H and O–H groups in total. The molecule has 0 spiro atoms. The molecule has 3 aromatic rings. The molecular formula is C27H32N4O3S. The molecule has 1 fully saturated rings. The Kier molecular flexibility index (Phi) is 8.95. The molecule has 1 aliphatic rings. The summed E-state index contributed by atoms with van der Waals surface area (Å²) in [7, 11) is 0. The quantitative estimate of drug-likeness (QED) is 0.235. The molecule has 0 radical (unpaired) electrons. The molecule has 1 atom stereocenters. The standard InChI is InChI=1S/C27H32N4O3S/c1-2-34-26(33)22-13-9-17-30(20-22)25(32)16-10-18-35-27-29-28-24(19-21-11-5-3-6-12-21)31(27)23-14-7-4-8-15-23/h3-8,11-12,14-15,22H,2,9-10,13,16-20H2,1H3. The summed E-state index contributed by atoms with van der Waals surface area (Å²) in [4.78, 5) is 26.7. The van der Waals surface area contributed by atoms with Crippen molar-refractivity contribution in [1.82, 2.24) is 19.7 Å². The third kappa shape index (κ3) is 6.72. The Balaban J connectivity index is 1.35. The van der Waals surface area contributed by atoms with Gasteiger partial charge >= 0.3 is 5.97 Å². The van der Waals surface area contributed by atoms with Crippen LogP contribution in [0.25, 0.3) is 5.69 Å². The van der Waals surface area contributed by atoms with Gasteiger partial charge in [0, 0.05) is 37.4 Å². The van der Waals surface area contributed by atoms with E-state index in [2.05, 4.69) is 39.0 Å². The largest absolute Gasteiger partial charge is 0.466 e. The van der Waals surface area contributed by atoms with Crippen molar-refractivity contribution in [2.75, 3.05) is 25.4 Å². The highest BCUT2D eigenvalue weighted by Gasteiger charge is 2.29. The lowest BCUT2D eigenvalue weighted by molar-refractivity contribution is -0.151. The summed E-state index contributed by atoms with van der Waals surface area (Å²) in [5.41, 5.74) is 2.21. The minimum atomic E-state index is -0.200. The summed E-state index contributed by atoms with van der Waals surface area (Å²) in [6.45, 7) is 3.37. The molecule has 0 saturated carbocycles. The lowest BCUT2D eigenvalue weighted by atomic mass is 9.98. The van der Waals surface area contributed by atoms with Crippen LogP contribution in [0, 0.1) is 5.92 Å². The number of thioether (sulfide) groups is 1. The molecule has 1 amide bonds. The maximum Gasteiger partial charge on any atom is 0.310 e. The van der Waals surface area contributed by atoms with Gasteiger partial charge in [-0.25, -0.2) is 0 Å². The van der Waals surface area contributed by atoms with Crippen molar-refractivity contribution in [1.29, 1.82) is 0 Å². The smallest absolute Gasteiger partial charge is 0.310 e. The molecule has 2 aromatic carbocycles. The molecule has 1 unspecified atom stereocenters. The van der Waals surface area contributed by atoms with E-state index in [4.69, 9.17) is 4.74 Å². The Bertz CT molecular complexity index is 1100. The first-order valence-electron chi connectivity index (χ1n) is 12.3. The molecule has 0 aliphatic carbocycles. The zero-order chi connectivity index (χ0) is 24.5. The number of nitrogens with zero attached hydrogens (tertiary/aromatic N) is 4. The van der Waals surface area contributed by atoms with Crippen molar-refractivity contribution in [3.05, 3.63) is 72.1 Å². The van der Waals surface area contributed by atoms with Crippen LogP contribution in [-0.4, -0.2) is 57.0 Å². The number of piperidine rings is 1. The van der Waals surface area contributed by atoms with Crippen LogP contribution in [0.2, 0.25) is 0 Å². The molecule has 35 heavy (non-hydrogen) atoms. The topological polar surface area (TPSA) is 77.3 Å². The first-order valence-corrected chi connectivity index (χ1v) is 13.2. The van der Waals surface area contributed by atoms with E-state index in [9.17, 15) is 9.59 Å². The Morgan fingerprint density at radius 3 is 2.54 bits per heavy atom. The van der Waals surface area contributed by atoms with E-state index in [1.807, 2.05) is 48.2 Å². The van der Waals surface area contributed by atoms with Crippen molar-refractivity contribution in [3.8, 4) is 5.69 Å². The summed E-state index contributed by atoms with van der Waals surface area (Å²) >= 11 is 1.62. The Morgan fingerprint density at radius 1 is 1.06 bits per heavy atom. The number of carbonyl (C=O) groups is 2. The van der Waals surface area contributed by atoms with Gasteiger partial charge in [0.1, 0.15) is 5.82 Å². The molecule has 2 heterocycles. The van der Waals surface area contributed by atoms with E-state index < -0.39 is 0 Å². The van der Waals surface area contributed by atoms with Gasteiger partial charge in [-0.15, -0.1) is 10.2 Å². The van der Waals surface area contributed by atoms with Gasteiger partial charge in [-0.3, -0.25) is 14.2 Å². The van der Waals surface area contributed by atoms with Gasteiger partial charge in [-0.1, -0.05) is 60.3 Å². The lowest BCUT2D eigenvalue weighted by Crippen LogP contribution is -2.42. The van der Waals surface area contributed by atoms with Crippen LogP contribution in [0.5, 0.6) is 0 Å². The second-order valence-electron chi connectivity index (χ2n) is 8.62. The molecule has 184 valence electrons. The second-order valence-corrected chi connectivity index (χ2v) is 9.68. The van der Waals surface area contributed by atoms with Crippen LogP contribution in [-0.2, 0) is 20.7 Å². The third-order valence-electron chi connectivity index (χ3n) is 6.08. The van der Waals surface area contributed by atoms with Gasteiger partial charge in [-0.2, -0.15) is 0 Å². The van der Waals surface area contributed by atoms with Gasteiger partial charge < -0.3 is 9.64 Å². The summed E-state index contributed by atoms with van der Waals surface area (Å²) in [5, 5.41) is 9.79. The van der Waals surface area contributed by atoms with Gasteiger partial charge in [0.25, 0.3) is 0 Å². The van der Waals surface area contributed by atoms with Gasteiger partial charge in [0.15, 0.2) is 5.16 Å². The van der Waals surface area contributed by atoms with Crippen molar-refractivity contribution < 1.29 is 14.3 Å². The average Bonchev–Trinajstić information content (AvgIpc) is 3.30. The molecule has 8 heteroatoms. The number of rotatable bonds is 10. The fourth-order valence-electron chi connectivity index (χ4n) is 4.32. The van der Waals surface area contributed by atoms with Crippen LogP contribution >= 0.6 is 11.8 Å². The highest BCUT2D eigenvalue weighted by molar-refractivity contribution is 7.99. The number of amides is 1. The normalized spacial score (nSPS) is 15.7. The number of benzene rings is 2. The fourth-order valence-corrected chi connectivity index (χ4v) is 5.23. The number of ether oxygens (including phenoxy) is 1. The summed E-state index contributed by atoms with van der Waals surface area (Å²) in [6.07, 6.45) is 3.52. The van der Waals surface area contributed by atoms with E-state index in [1.54, 1.807) is 11.8 Å². The summed E-state index contributed by atoms with van der Waals surface area (Å²) < 4.78 is 7.25. The second kappa shape index (κ2) is 12.5. The maximum atomic E-state index is 12.8. The number of hydrogen-bond donors (Lipinski definition) is 0. The van der Waals surface area contributed by atoms with Crippen molar-refractivity contribution in [2.45, 2.75) is 44.2 Å². The van der Waals surface area contributed by atoms with E-state index in [-0.39, 0.29) is 17.8 Å². The Hall–Kier alpha value is -3.13. The fraction of sp³-hybridized carbons (Fsp3) is 0.407. The van der Waals surface area contributed by atoms with E-state index in [1.165, 1.54) is 5.56 Å². The zero-order valence-corrected chi connectivity index (χ0v) is 21.0. The van der Waals surface area contributed by atoms with Crippen LogP contribution in [0.4, 0.5) is 0 Å². The first kappa shape index (κ1) is 25.0. The Morgan fingerprint density at radius 2 is 1.80 bits per heavy atom. The van der Waals surface area contributed by atoms with Gasteiger partial charge in [0.05, 0.1) is 12.5 Å². The minimum absolute atomic E-state index is 0.105.